The first kappa shape index (κ1) is 19.5. The Morgan fingerprint density at radius 3 is 2.35 bits per heavy atom. The Morgan fingerprint density at radius 1 is 1.00 bits per heavy atom. The van der Waals surface area contributed by atoms with Crippen LogP contribution in [-0.2, 0) is 0 Å². The third kappa shape index (κ3) is 4.90. The molecule has 1 aliphatic heterocycles. The number of rotatable bonds is 3. The first-order chi connectivity index (χ1) is 12.5. The van der Waals surface area contributed by atoms with Crippen LogP contribution in [0, 0.1) is 10.5 Å². The van der Waals surface area contributed by atoms with E-state index in [1.807, 2.05) is 30.0 Å². The molecular formula is C20H28IN3O2. The van der Waals surface area contributed by atoms with Crippen LogP contribution in [0.15, 0.2) is 18.2 Å². The van der Waals surface area contributed by atoms with E-state index in [4.69, 9.17) is 0 Å². The van der Waals surface area contributed by atoms with Gasteiger partial charge in [-0.05, 0) is 66.8 Å². The van der Waals surface area contributed by atoms with Gasteiger partial charge in [-0.3, -0.25) is 4.79 Å². The van der Waals surface area contributed by atoms with E-state index in [2.05, 4.69) is 33.2 Å². The SMILES string of the molecule is Cc1cccc(C(=O)NC2CCN(C(=O)NC3CCCCC3)CC2)c1I. The highest BCUT2D eigenvalue weighted by Gasteiger charge is 2.26. The predicted octanol–water partition coefficient (Wildman–Crippen LogP) is 3.84. The summed E-state index contributed by atoms with van der Waals surface area (Å²) in [7, 11) is 0. The standard InChI is InChI=1S/C20H28IN3O2/c1-14-6-5-9-17(18(14)21)19(25)22-16-10-12-24(13-11-16)20(26)23-15-7-3-2-4-8-15/h5-6,9,15-16H,2-4,7-8,10-13H2,1H3,(H,22,25)(H,23,26). The van der Waals surface area contributed by atoms with Gasteiger partial charge in [-0.1, -0.05) is 31.4 Å². The number of piperidine rings is 1. The smallest absolute Gasteiger partial charge is 0.317 e. The van der Waals surface area contributed by atoms with Crippen molar-refractivity contribution in [3.63, 3.8) is 0 Å². The zero-order valence-corrected chi connectivity index (χ0v) is 17.5. The van der Waals surface area contributed by atoms with Crippen LogP contribution in [0.25, 0.3) is 0 Å². The van der Waals surface area contributed by atoms with Gasteiger partial charge < -0.3 is 15.5 Å². The van der Waals surface area contributed by atoms with Gasteiger partial charge in [0, 0.05) is 28.7 Å². The van der Waals surface area contributed by atoms with Crippen molar-refractivity contribution in [1.29, 1.82) is 0 Å². The Bertz CT molecular complexity index is 650. The Kier molecular flexibility index (Phi) is 6.78. The number of nitrogens with one attached hydrogen (secondary N) is 2. The molecule has 142 valence electrons. The van der Waals surface area contributed by atoms with E-state index in [0.717, 1.165) is 40.4 Å². The molecule has 3 rings (SSSR count). The van der Waals surface area contributed by atoms with Gasteiger partial charge in [-0.2, -0.15) is 0 Å². The highest BCUT2D eigenvalue weighted by molar-refractivity contribution is 14.1. The van der Waals surface area contributed by atoms with E-state index < -0.39 is 0 Å². The first-order valence-corrected chi connectivity index (χ1v) is 10.7. The normalized spacial score (nSPS) is 19.2. The van der Waals surface area contributed by atoms with Crippen LogP contribution in [-0.4, -0.2) is 42.0 Å². The Labute approximate surface area is 169 Å². The van der Waals surface area contributed by atoms with Gasteiger partial charge in [0.25, 0.3) is 5.91 Å². The summed E-state index contributed by atoms with van der Waals surface area (Å²) in [4.78, 5) is 26.9. The molecule has 0 atom stereocenters. The molecule has 0 unspecified atom stereocenters. The van der Waals surface area contributed by atoms with Crippen LogP contribution in [0.1, 0.15) is 60.9 Å². The summed E-state index contributed by atoms with van der Waals surface area (Å²) in [5.74, 6) is -0.0109. The van der Waals surface area contributed by atoms with Crippen molar-refractivity contribution in [2.75, 3.05) is 13.1 Å². The molecule has 26 heavy (non-hydrogen) atoms. The number of benzene rings is 1. The minimum atomic E-state index is -0.0109. The number of halogens is 1. The van der Waals surface area contributed by atoms with Crippen LogP contribution in [0.2, 0.25) is 0 Å². The van der Waals surface area contributed by atoms with E-state index in [-0.39, 0.29) is 18.0 Å². The molecule has 3 amide bonds. The molecule has 6 heteroatoms. The fourth-order valence-corrected chi connectivity index (χ4v) is 4.43. The Hall–Kier alpha value is -1.31. The fraction of sp³-hybridized carbons (Fsp3) is 0.600. The molecule has 1 aromatic rings. The molecule has 2 aliphatic rings. The van der Waals surface area contributed by atoms with Gasteiger partial charge in [0.15, 0.2) is 0 Å². The predicted molar refractivity (Wildman–Crippen MR) is 111 cm³/mol. The van der Waals surface area contributed by atoms with Crippen molar-refractivity contribution in [1.82, 2.24) is 15.5 Å². The van der Waals surface area contributed by atoms with E-state index in [0.29, 0.717) is 19.1 Å². The quantitative estimate of drug-likeness (QED) is 0.662. The molecule has 0 radical (unpaired) electrons. The molecule has 2 fully saturated rings. The molecule has 0 spiro atoms. The molecule has 1 heterocycles. The van der Waals surface area contributed by atoms with Crippen LogP contribution >= 0.6 is 22.6 Å². The van der Waals surface area contributed by atoms with Crippen molar-refractivity contribution in [2.45, 2.75) is 64.0 Å². The maximum absolute atomic E-state index is 12.6. The lowest BCUT2D eigenvalue weighted by molar-refractivity contribution is 0.0916. The summed E-state index contributed by atoms with van der Waals surface area (Å²) in [5, 5.41) is 6.32. The Morgan fingerprint density at radius 2 is 1.65 bits per heavy atom. The van der Waals surface area contributed by atoms with E-state index in [1.54, 1.807) is 0 Å². The van der Waals surface area contributed by atoms with Crippen molar-refractivity contribution >= 4 is 34.5 Å². The highest BCUT2D eigenvalue weighted by atomic mass is 127. The zero-order valence-electron chi connectivity index (χ0n) is 15.4. The lowest BCUT2D eigenvalue weighted by Crippen LogP contribution is -2.51. The number of aryl methyl sites for hydroxylation is 1. The number of amides is 3. The summed E-state index contributed by atoms with van der Waals surface area (Å²) in [6, 6.07) is 6.35. The summed E-state index contributed by atoms with van der Waals surface area (Å²) in [5.41, 5.74) is 1.86. The average molecular weight is 469 g/mol. The second-order valence-corrected chi connectivity index (χ2v) is 8.53. The number of carbonyl (C=O) groups is 2. The zero-order chi connectivity index (χ0) is 18.5. The molecule has 2 N–H and O–H groups in total. The van der Waals surface area contributed by atoms with Crippen LogP contribution in [0.4, 0.5) is 4.79 Å². The molecule has 5 nitrogen and oxygen atoms in total. The first-order valence-electron chi connectivity index (χ1n) is 9.66. The minimum absolute atomic E-state index is 0.0109. The number of carbonyl (C=O) groups excluding carboxylic acids is 2. The van der Waals surface area contributed by atoms with Gasteiger partial charge in [-0.25, -0.2) is 4.79 Å². The van der Waals surface area contributed by atoms with Gasteiger partial charge in [0.1, 0.15) is 0 Å². The third-order valence-electron chi connectivity index (χ3n) is 5.49. The number of likely N-dealkylation sites (tertiary alicyclic amines) is 1. The van der Waals surface area contributed by atoms with Crippen LogP contribution in [0.5, 0.6) is 0 Å². The molecule has 1 aromatic carbocycles. The van der Waals surface area contributed by atoms with E-state index in [1.165, 1.54) is 19.3 Å². The molecule has 1 aliphatic carbocycles. The van der Waals surface area contributed by atoms with Crippen LogP contribution in [0.3, 0.4) is 0 Å². The maximum atomic E-state index is 12.6. The summed E-state index contributed by atoms with van der Waals surface area (Å²) in [6.45, 7) is 3.42. The topological polar surface area (TPSA) is 61.4 Å². The minimum Gasteiger partial charge on any atom is -0.349 e. The van der Waals surface area contributed by atoms with Crippen LogP contribution < -0.4 is 10.6 Å². The van der Waals surface area contributed by atoms with E-state index in [9.17, 15) is 9.59 Å². The molecular weight excluding hydrogens is 441 g/mol. The average Bonchev–Trinajstić information content (AvgIpc) is 2.65. The van der Waals surface area contributed by atoms with Crippen molar-refractivity contribution in [3.05, 3.63) is 32.9 Å². The van der Waals surface area contributed by atoms with Crippen molar-refractivity contribution in [3.8, 4) is 0 Å². The number of hydrogen-bond donors (Lipinski definition) is 2. The second kappa shape index (κ2) is 9.06. The number of urea groups is 1. The number of hydrogen-bond acceptors (Lipinski definition) is 2. The monoisotopic (exact) mass is 469 g/mol. The maximum Gasteiger partial charge on any atom is 0.317 e. The molecule has 1 saturated heterocycles. The third-order valence-corrected chi connectivity index (χ3v) is 6.92. The second-order valence-electron chi connectivity index (χ2n) is 7.46. The number of nitrogens with zero attached hydrogens (tertiary/aromatic N) is 1. The molecule has 0 bridgehead atoms. The largest absolute Gasteiger partial charge is 0.349 e. The van der Waals surface area contributed by atoms with Gasteiger partial charge >= 0.3 is 6.03 Å². The lowest BCUT2D eigenvalue weighted by Gasteiger charge is -2.34. The lowest BCUT2D eigenvalue weighted by atomic mass is 9.95. The summed E-state index contributed by atoms with van der Waals surface area (Å²) < 4.78 is 1.01. The highest BCUT2D eigenvalue weighted by Crippen LogP contribution is 2.19. The summed E-state index contributed by atoms with van der Waals surface area (Å²) >= 11 is 2.23. The Balaban J connectivity index is 1.46. The molecule has 0 aromatic heterocycles. The van der Waals surface area contributed by atoms with Gasteiger partial charge in [0.05, 0.1) is 5.56 Å². The van der Waals surface area contributed by atoms with E-state index >= 15 is 0 Å². The summed E-state index contributed by atoms with van der Waals surface area (Å²) in [6.07, 6.45) is 7.56. The van der Waals surface area contributed by atoms with Crippen molar-refractivity contribution < 1.29 is 9.59 Å². The van der Waals surface area contributed by atoms with Crippen molar-refractivity contribution in [2.24, 2.45) is 0 Å². The van der Waals surface area contributed by atoms with Gasteiger partial charge in [-0.15, -0.1) is 0 Å². The molecule has 1 saturated carbocycles. The fourth-order valence-electron chi connectivity index (χ4n) is 3.83. The van der Waals surface area contributed by atoms with Gasteiger partial charge in [0.2, 0.25) is 0 Å².